The second-order valence-electron chi connectivity index (χ2n) is 6.49. The lowest BCUT2D eigenvalue weighted by Crippen LogP contribution is -2.33. The minimum Gasteiger partial charge on any atom is -0.355 e. The van der Waals surface area contributed by atoms with E-state index in [-0.39, 0.29) is 5.91 Å². The molecule has 0 aromatic carbocycles. The first-order chi connectivity index (χ1) is 13.8. The van der Waals surface area contributed by atoms with Crippen LogP contribution in [0.25, 0.3) is 0 Å². The molecule has 0 atom stereocenters. The molecule has 158 valence electrons. The van der Waals surface area contributed by atoms with Crippen LogP contribution in [0, 0.1) is 0 Å². The molecule has 0 radical (unpaired) electrons. The van der Waals surface area contributed by atoms with E-state index in [1.165, 1.54) is 0 Å². The van der Waals surface area contributed by atoms with Gasteiger partial charge in [-0.2, -0.15) is 0 Å². The molecule has 1 amide bonds. The normalized spacial score (nSPS) is 12.5. The zero-order valence-electron chi connectivity index (χ0n) is 17.7. The van der Waals surface area contributed by atoms with Gasteiger partial charge in [-0.15, -0.1) is 0 Å². The van der Waals surface area contributed by atoms with E-state index in [2.05, 4.69) is 78.3 Å². The van der Waals surface area contributed by atoms with Crippen molar-refractivity contribution in [1.29, 1.82) is 0 Å². The summed E-state index contributed by atoms with van der Waals surface area (Å²) in [5, 5.41) is 6.05. The SMILES string of the molecule is CC/C=C\C/C=C\C/C=C\C/C=C\C/C=C\CCCC(=O)NCCNCCN. The van der Waals surface area contributed by atoms with Crippen LogP contribution in [0.5, 0.6) is 0 Å². The van der Waals surface area contributed by atoms with Gasteiger partial charge >= 0.3 is 0 Å². The highest BCUT2D eigenvalue weighted by Gasteiger charge is 1.98. The van der Waals surface area contributed by atoms with E-state index >= 15 is 0 Å². The van der Waals surface area contributed by atoms with E-state index in [9.17, 15) is 4.79 Å². The van der Waals surface area contributed by atoms with Crippen molar-refractivity contribution in [2.24, 2.45) is 5.73 Å². The molecule has 0 saturated carbocycles. The largest absolute Gasteiger partial charge is 0.355 e. The van der Waals surface area contributed by atoms with Crippen LogP contribution < -0.4 is 16.4 Å². The topological polar surface area (TPSA) is 67.2 Å². The van der Waals surface area contributed by atoms with Crippen LogP contribution in [-0.4, -0.2) is 32.1 Å². The average Bonchev–Trinajstić information content (AvgIpc) is 2.70. The number of nitrogens with one attached hydrogen (secondary N) is 2. The Morgan fingerprint density at radius 1 is 0.750 bits per heavy atom. The molecule has 0 rings (SSSR count). The molecule has 0 aromatic heterocycles. The van der Waals surface area contributed by atoms with Crippen molar-refractivity contribution < 1.29 is 4.79 Å². The van der Waals surface area contributed by atoms with Gasteiger partial charge in [0.25, 0.3) is 0 Å². The van der Waals surface area contributed by atoms with Gasteiger partial charge in [0.1, 0.15) is 0 Å². The fourth-order valence-corrected chi connectivity index (χ4v) is 2.35. The lowest BCUT2D eigenvalue weighted by atomic mass is 10.2. The number of carbonyl (C=O) groups is 1. The lowest BCUT2D eigenvalue weighted by molar-refractivity contribution is -0.121. The van der Waals surface area contributed by atoms with Gasteiger partial charge in [0.15, 0.2) is 0 Å². The maximum Gasteiger partial charge on any atom is 0.220 e. The van der Waals surface area contributed by atoms with Crippen molar-refractivity contribution in [3.05, 3.63) is 60.8 Å². The molecule has 0 spiro atoms. The molecule has 28 heavy (non-hydrogen) atoms. The quantitative estimate of drug-likeness (QED) is 0.238. The summed E-state index contributed by atoms with van der Waals surface area (Å²) in [6, 6.07) is 0. The molecule has 0 heterocycles. The summed E-state index contributed by atoms with van der Waals surface area (Å²) in [5.41, 5.74) is 5.38. The van der Waals surface area contributed by atoms with Crippen molar-refractivity contribution in [3.63, 3.8) is 0 Å². The minimum absolute atomic E-state index is 0.127. The molecule has 0 saturated heterocycles. The predicted molar refractivity (Wildman–Crippen MR) is 123 cm³/mol. The van der Waals surface area contributed by atoms with Gasteiger partial charge in [-0.3, -0.25) is 4.79 Å². The van der Waals surface area contributed by atoms with E-state index in [1.54, 1.807) is 0 Å². The van der Waals surface area contributed by atoms with Crippen LogP contribution in [0.2, 0.25) is 0 Å². The van der Waals surface area contributed by atoms with Crippen LogP contribution in [-0.2, 0) is 4.79 Å². The summed E-state index contributed by atoms with van der Waals surface area (Å²) in [6.07, 6.45) is 29.5. The molecular weight excluding hydrogens is 346 g/mol. The van der Waals surface area contributed by atoms with E-state index in [4.69, 9.17) is 5.73 Å². The second-order valence-corrected chi connectivity index (χ2v) is 6.49. The third-order valence-electron chi connectivity index (χ3n) is 3.88. The Kier molecular flexibility index (Phi) is 21.6. The standard InChI is InChI=1S/C24H41N3O/c1-2-3-4-5-6-7-8-9-10-11-12-13-14-15-16-17-18-19-24(28)27-23-22-26-21-20-25/h3-4,6-7,9-10,12-13,15-16,26H,2,5,8,11,14,17-23,25H2,1H3,(H,27,28)/b4-3-,7-6-,10-9-,13-12-,16-15-. The van der Waals surface area contributed by atoms with Crippen LogP contribution in [0.3, 0.4) is 0 Å². The maximum absolute atomic E-state index is 11.6. The Hall–Kier alpha value is -1.91. The monoisotopic (exact) mass is 387 g/mol. The highest BCUT2D eigenvalue weighted by atomic mass is 16.1. The summed E-state index contributed by atoms with van der Waals surface area (Å²) >= 11 is 0. The van der Waals surface area contributed by atoms with Gasteiger partial charge < -0.3 is 16.4 Å². The molecule has 0 aromatic rings. The summed E-state index contributed by atoms with van der Waals surface area (Å²) in [6.45, 7) is 5.01. The smallest absolute Gasteiger partial charge is 0.220 e. The van der Waals surface area contributed by atoms with Crippen molar-refractivity contribution in [2.75, 3.05) is 26.2 Å². The molecule has 0 aliphatic heterocycles. The Balaban J connectivity index is 3.47. The zero-order chi connectivity index (χ0) is 20.5. The molecular formula is C24H41N3O. The molecule has 4 nitrogen and oxygen atoms in total. The van der Waals surface area contributed by atoms with Crippen molar-refractivity contribution in [2.45, 2.75) is 58.3 Å². The molecule has 0 bridgehead atoms. The summed E-state index contributed by atoms with van der Waals surface area (Å²) in [7, 11) is 0. The molecule has 0 aliphatic carbocycles. The van der Waals surface area contributed by atoms with Gasteiger partial charge in [0, 0.05) is 32.6 Å². The Morgan fingerprint density at radius 3 is 1.82 bits per heavy atom. The summed E-state index contributed by atoms with van der Waals surface area (Å²) < 4.78 is 0. The third-order valence-corrected chi connectivity index (χ3v) is 3.88. The molecule has 4 heteroatoms. The molecule has 4 N–H and O–H groups in total. The van der Waals surface area contributed by atoms with E-state index in [0.29, 0.717) is 19.5 Å². The Bertz CT molecular complexity index is 490. The summed E-state index contributed by atoms with van der Waals surface area (Å²) in [5.74, 6) is 0.127. The zero-order valence-corrected chi connectivity index (χ0v) is 17.7. The van der Waals surface area contributed by atoms with Gasteiger partial charge in [-0.25, -0.2) is 0 Å². The number of allylic oxidation sites excluding steroid dienone is 10. The minimum atomic E-state index is 0.127. The van der Waals surface area contributed by atoms with E-state index < -0.39 is 0 Å². The Morgan fingerprint density at radius 2 is 1.29 bits per heavy atom. The lowest BCUT2D eigenvalue weighted by Gasteiger charge is -2.05. The van der Waals surface area contributed by atoms with E-state index in [0.717, 1.165) is 58.0 Å². The van der Waals surface area contributed by atoms with Crippen molar-refractivity contribution >= 4 is 5.91 Å². The molecule has 0 unspecified atom stereocenters. The first-order valence-corrected chi connectivity index (χ1v) is 10.7. The number of hydrogen-bond acceptors (Lipinski definition) is 3. The number of unbranched alkanes of at least 4 members (excludes halogenated alkanes) is 1. The fraction of sp³-hybridized carbons (Fsp3) is 0.542. The number of amides is 1. The third kappa shape index (κ3) is 22.1. The first-order valence-electron chi connectivity index (χ1n) is 10.7. The van der Waals surface area contributed by atoms with Crippen molar-refractivity contribution in [3.8, 4) is 0 Å². The van der Waals surface area contributed by atoms with Crippen LogP contribution in [0.1, 0.15) is 58.3 Å². The summed E-state index contributed by atoms with van der Waals surface area (Å²) in [4.78, 5) is 11.6. The molecule has 0 fully saturated rings. The number of nitrogens with two attached hydrogens (primary N) is 1. The Labute approximate surface area is 172 Å². The number of rotatable bonds is 18. The van der Waals surface area contributed by atoms with Gasteiger partial charge in [0.05, 0.1) is 0 Å². The predicted octanol–water partition coefficient (Wildman–Crippen LogP) is 4.57. The average molecular weight is 388 g/mol. The highest BCUT2D eigenvalue weighted by molar-refractivity contribution is 5.75. The van der Waals surface area contributed by atoms with Crippen LogP contribution in [0.4, 0.5) is 0 Å². The van der Waals surface area contributed by atoms with Gasteiger partial charge in [-0.1, -0.05) is 67.7 Å². The molecule has 0 aliphatic rings. The number of hydrogen-bond donors (Lipinski definition) is 3. The van der Waals surface area contributed by atoms with Crippen molar-refractivity contribution in [1.82, 2.24) is 10.6 Å². The van der Waals surface area contributed by atoms with Gasteiger partial charge in [-0.05, 0) is 44.9 Å². The van der Waals surface area contributed by atoms with E-state index in [1.807, 2.05) is 0 Å². The van der Waals surface area contributed by atoms with Crippen LogP contribution in [0.15, 0.2) is 60.8 Å². The first kappa shape index (κ1) is 26.1. The second kappa shape index (κ2) is 23.1. The maximum atomic E-state index is 11.6. The fourth-order valence-electron chi connectivity index (χ4n) is 2.35. The number of carbonyl (C=O) groups excluding carboxylic acids is 1. The highest BCUT2D eigenvalue weighted by Crippen LogP contribution is 1.99. The van der Waals surface area contributed by atoms with Gasteiger partial charge in [0.2, 0.25) is 5.91 Å². The van der Waals surface area contributed by atoms with Crippen LogP contribution >= 0.6 is 0 Å².